The van der Waals surface area contributed by atoms with Crippen LogP contribution in [0.5, 0.6) is 0 Å². The van der Waals surface area contributed by atoms with Gasteiger partial charge in [0, 0.05) is 11.3 Å². The Morgan fingerprint density at radius 2 is 1.44 bits per heavy atom. The number of carbonyl (C=O) groups is 2. The molecule has 0 aliphatic carbocycles. The van der Waals surface area contributed by atoms with Gasteiger partial charge in [-0.2, -0.15) is 5.10 Å². The normalized spacial score (nSPS) is 11.5. The molecule has 0 heterocycles. The molecule has 4 rings (SSSR count). The molecule has 0 radical (unpaired) electrons. The number of hydrogen-bond acceptors (Lipinski definition) is 5. The van der Waals surface area contributed by atoms with E-state index in [9.17, 15) is 18.0 Å². The molecule has 8 nitrogen and oxygen atoms in total. The van der Waals surface area contributed by atoms with Gasteiger partial charge in [0.2, 0.25) is 0 Å². The van der Waals surface area contributed by atoms with Crippen molar-refractivity contribution in [1.82, 2.24) is 5.43 Å². The van der Waals surface area contributed by atoms with Crippen LogP contribution < -0.4 is 15.0 Å². The molecule has 2 N–H and O–H groups in total. The first-order valence-corrected chi connectivity index (χ1v) is 13.6. The molecule has 0 aliphatic rings. The molecule has 0 saturated heterocycles. The lowest BCUT2D eigenvalue weighted by molar-refractivity contribution is -0.119. The molecule has 0 atom stereocenters. The Morgan fingerprint density at radius 1 is 0.795 bits per heavy atom. The first kappa shape index (κ1) is 27.3. The van der Waals surface area contributed by atoms with Crippen molar-refractivity contribution in [3.63, 3.8) is 0 Å². The molecular weight excluding hydrogens is 512 g/mol. The Bertz CT molecular complexity index is 1590. The number of nitrogens with one attached hydrogen (secondary N) is 2. The molecule has 0 bridgehead atoms. The van der Waals surface area contributed by atoms with Crippen molar-refractivity contribution in [3.05, 3.63) is 126 Å². The van der Waals surface area contributed by atoms with Crippen LogP contribution in [0.1, 0.15) is 28.4 Å². The van der Waals surface area contributed by atoms with Crippen molar-refractivity contribution in [2.75, 3.05) is 16.2 Å². The summed E-state index contributed by atoms with van der Waals surface area (Å²) in [5.74, 6) is -0.813. The van der Waals surface area contributed by atoms with E-state index in [4.69, 9.17) is 0 Å². The van der Waals surface area contributed by atoms with E-state index < -0.39 is 22.5 Å². The Labute approximate surface area is 228 Å². The fraction of sp³-hybridized carbons (Fsp3) is 0.100. The van der Waals surface area contributed by atoms with Crippen molar-refractivity contribution in [2.24, 2.45) is 5.10 Å². The van der Waals surface area contributed by atoms with E-state index in [2.05, 4.69) is 15.8 Å². The van der Waals surface area contributed by atoms with Crippen LogP contribution in [0.25, 0.3) is 0 Å². The topological polar surface area (TPSA) is 108 Å². The molecule has 0 saturated carbocycles. The number of benzene rings is 4. The molecule has 198 valence electrons. The van der Waals surface area contributed by atoms with Crippen molar-refractivity contribution in [3.8, 4) is 0 Å². The second kappa shape index (κ2) is 12.2. The summed E-state index contributed by atoms with van der Waals surface area (Å²) >= 11 is 0. The van der Waals surface area contributed by atoms with Gasteiger partial charge in [0.25, 0.3) is 21.8 Å². The fourth-order valence-corrected chi connectivity index (χ4v) is 5.22. The minimum atomic E-state index is -4.00. The first-order chi connectivity index (χ1) is 18.7. The third kappa shape index (κ3) is 6.97. The summed E-state index contributed by atoms with van der Waals surface area (Å²) in [4.78, 5) is 25.3. The molecule has 0 aromatic heterocycles. The highest BCUT2D eigenvalue weighted by molar-refractivity contribution is 7.92. The summed E-state index contributed by atoms with van der Waals surface area (Å²) in [5.41, 5.74) is 6.10. The highest BCUT2D eigenvalue weighted by Crippen LogP contribution is 2.24. The fourth-order valence-electron chi connectivity index (χ4n) is 3.78. The van der Waals surface area contributed by atoms with Gasteiger partial charge in [0.05, 0.1) is 16.3 Å². The number of nitrogens with zero attached hydrogens (tertiary/aromatic N) is 2. The summed E-state index contributed by atoms with van der Waals surface area (Å²) in [6.45, 7) is 3.11. The highest BCUT2D eigenvalue weighted by Gasteiger charge is 2.27. The van der Waals surface area contributed by atoms with Crippen molar-refractivity contribution < 1.29 is 18.0 Å². The van der Waals surface area contributed by atoms with E-state index in [-0.39, 0.29) is 10.8 Å². The van der Waals surface area contributed by atoms with Crippen LogP contribution in [-0.4, -0.2) is 32.5 Å². The number of carbonyl (C=O) groups excluding carboxylic acids is 2. The van der Waals surface area contributed by atoms with E-state index in [1.54, 1.807) is 91.9 Å². The molecule has 4 aromatic rings. The van der Waals surface area contributed by atoms with E-state index in [1.807, 2.05) is 19.1 Å². The second-order valence-electron chi connectivity index (χ2n) is 8.79. The standard InChI is InChI=1S/C30H28N4O4S/c1-22-10-9-13-27(20-22)34(39(37,38)28-14-7-4-8-15-28)21-29(35)33-32-23(2)24-16-18-26(19-17-24)31-30(36)25-11-5-3-6-12-25/h3-20H,21H2,1-2H3,(H,31,36)(H,33,35)/b32-23-. The largest absolute Gasteiger partial charge is 0.322 e. The zero-order chi connectivity index (χ0) is 27.8. The minimum Gasteiger partial charge on any atom is -0.322 e. The average Bonchev–Trinajstić information content (AvgIpc) is 2.96. The summed E-state index contributed by atoms with van der Waals surface area (Å²) in [6.07, 6.45) is 0. The Kier molecular flexibility index (Phi) is 8.53. The maximum atomic E-state index is 13.4. The van der Waals surface area contributed by atoms with Gasteiger partial charge in [-0.05, 0) is 73.5 Å². The number of anilines is 2. The number of hydrazone groups is 1. The molecule has 9 heteroatoms. The number of sulfonamides is 1. The zero-order valence-electron chi connectivity index (χ0n) is 21.5. The smallest absolute Gasteiger partial charge is 0.264 e. The third-order valence-corrected chi connectivity index (χ3v) is 7.64. The molecule has 39 heavy (non-hydrogen) atoms. The average molecular weight is 541 g/mol. The van der Waals surface area contributed by atoms with Gasteiger partial charge in [-0.25, -0.2) is 13.8 Å². The van der Waals surface area contributed by atoms with Gasteiger partial charge in [-0.15, -0.1) is 0 Å². The van der Waals surface area contributed by atoms with Crippen LogP contribution in [0, 0.1) is 6.92 Å². The van der Waals surface area contributed by atoms with Crippen molar-refractivity contribution >= 4 is 38.9 Å². The van der Waals surface area contributed by atoms with E-state index >= 15 is 0 Å². The maximum Gasteiger partial charge on any atom is 0.264 e. The Morgan fingerprint density at radius 3 is 2.08 bits per heavy atom. The zero-order valence-corrected chi connectivity index (χ0v) is 22.4. The Hall–Kier alpha value is -4.76. The van der Waals surface area contributed by atoms with Gasteiger partial charge in [0.15, 0.2) is 0 Å². The van der Waals surface area contributed by atoms with Crippen LogP contribution in [0.4, 0.5) is 11.4 Å². The predicted octanol–water partition coefficient (Wildman–Crippen LogP) is 4.98. The molecule has 4 aromatic carbocycles. The lowest BCUT2D eigenvalue weighted by Crippen LogP contribution is -2.39. The molecule has 0 spiro atoms. The van der Waals surface area contributed by atoms with Gasteiger partial charge >= 0.3 is 0 Å². The van der Waals surface area contributed by atoms with E-state index in [0.717, 1.165) is 15.4 Å². The molecule has 0 fully saturated rings. The predicted molar refractivity (Wildman–Crippen MR) is 153 cm³/mol. The number of rotatable bonds is 9. The minimum absolute atomic E-state index is 0.0819. The highest BCUT2D eigenvalue weighted by atomic mass is 32.2. The molecular formula is C30H28N4O4S. The number of hydrogen-bond donors (Lipinski definition) is 2. The molecule has 2 amide bonds. The second-order valence-corrected chi connectivity index (χ2v) is 10.7. The van der Waals surface area contributed by atoms with Crippen LogP contribution in [0.2, 0.25) is 0 Å². The SMILES string of the molecule is C/C(=N/NC(=O)CN(c1cccc(C)c1)S(=O)(=O)c1ccccc1)c1ccc(NC(=O)c2ccccc2)cc1. The third-order valence-electron chi connectivity index (χ3n) is 5.85. The monoisotopic (exact) mass is 540 g/mol. The van der Waals surface area contributed by atoms with E-state index in [1.165, 1.54) is 12.1 Å². The number of amides is 2. The molecule has 0 unspecified atom stereocenters. The first-order valence-electron chi connectivity index (χ1n) is 12.2. The van der Waals surface area contributed by atoms with Crippen LogP contribution in [-0.2, 0) is 14.8 Å². The van der Waals surface area contributed by atoms with E-state index in [0.29, 0.717) is 22.6 Å². The molecule has 0 aliphatic heterocycles. The lowest BCUT2D eigenvalue weighted by Gasteiger charge is -2.24. The quantitative estimate of drug-likeness (QED) is 0.231. The summed E-state index contributed by atoms with van der Waals surface area (Å²) in [5, 5.41) is 6.99. The van der Waals surface area contributed by atoms with Gasteiger partial charge in [-0.1, -0.05) is 60.7 Å². The summed E-state index contributed by atoms with van der Waals surface area (Å²) in [7, 11) is -4.00. The van der Waals surface area contributed by atoms with Crippen LogP contribution in [0.3, 0.4) is 0 Å². The van der Waals surface area contributed by atoms with Crippen molar-refractivity contribution in [2.45, 2.75) is 18.7 Å². The lowest BCUT2D eigenvalue weighted by atomic mass is 10.1. The summed E-state index contributed by atoms with van der Waals surface area (Å²) < 4.78 is 27.9. The van der Waals surface area contributed by atoms with Crippen molar-refractivity contribution in [1.29, 1.82) is 0 Å². The number of aryl methyl sites for hydroxylation is 1. The maximum absolute atomic E-state index is 13.4. The van der Waals surface area contributed by atoms with Gasteiger partial charge in [0.1, 0.15) is 6.54 Å². The van der Waals surface area contributed by atoms with Gasteiger partial charge < -0.3 is 5.32 Å². The van der Waals surface area contributed by atoms with Gasteiger partial charge in [-0.3, -0.25) is 13.9 Å². The van der Waals surface area contributed by atoms with Crippen LogP contribution >= 0.6 is 0 Å². The Balaban J connectivity index is 1.46. The summed E-state index contributed by atoms with van der Waals surface area (Å²) in [6, 6.07) is 30.8. The van der Waals surface area contributed by atoms with Crippen LogP contribution in [0.15, 0.2) is 119 Å².